The molecule has 2 N–H and O–H groups in total. The van der Waals surface area contributed by atoms with Crippen LogP contribution in [-0.4, -0.2) is 15.9 Å². The third-order valence-electron chi connectivity index (χ3n) is 3.48. The van der Waals surface area contributed by atoms with E-state index >= 15 is 0 Å². The van der Waals surface area contributed by atoms with E-state index in [0.29, 0.717) is 11.3 Å². The molecule has 20 heavy (non-hydrogen) atoms. The highest BCUT2D eigenvalue weighted by molar-refractivity contribution is 6.34. The molecule has 0 bridgehead atoms. The number of amides is 1. The molecule has 1 aromatic carbocycles. The fourth-order valence-corrected chi connectivity index (χ4v) is 2.52. The highest BCUT2D eigenvalue weighted by Crippen LogP contribution is 2.32. The molecule has 96 valence electrons. The summed E-state index contributed by atoms with van der Waals surface area (Å²) in [6.45, 7) is 0. The van der Waals surface area contributed by atoms with E-state index in [0.717, 1.165) is 22.2 Å². The number of hydrogen-bond acceptors (Lipinski definition) is 2. The highest BCUT2D eigenvalue weighted by Gasteiger charge is 2.25. The molecular weight excluding hydrogens is 250 g/mol. The molecule has 0 radical (unpaired) electrons. The summed E-state index contributed by atoms with van der Waals surface area (Å²) < 4.78 is 0. The van der Waals surface area contributed by atoms with E-state index in [9.17, 15) is 4.79 Å². The average Bonchev–Trinajstić information content (AvgIpc) is 3.02. The normalized spacial score (nSPS) is 15.6. The molecule has 0 spiro atoms. The molecule has 0 fully saturated rings. The average molecular weight is 261 g/mol. The molecule has 4 nitrogen and oxygen atoms in total. The summed E-state index contributed by atoms with van der Waals surface area (Å²) in [7, 11) is 0. The minimum absolute atomic E-state index is 0.107. The van der Waals surface area contributed by atoms with Gasteiger partial charge in [-0.3, -0.25) is 9.78 Å². The van der Waals surface area contributed by atoms with Crippen LogP contribution in [0.1, 0.15) is 11.3 Å². The number of aromatic nitrogens is 2. The number of H-pyrrole nitrogens is 1. The van der Waals surface area contributed by atoms with Gasteiger partial charge in [0.05, 0.1) is 17.0 Å². The maximum Gasteiger partial charge on any atom is 0.258 e. The molecule has 0 unspecified atom stereocenters. The topological polar surface area (TPSA) is 57.8 Å². The molecule has 0 atom stereocenters. The van der Waals surface area contributed by atoms with Crippen molar-refractivity contribution in [3.8, 4) is 0 Å². The number of rotatable bonds is 1. The van der Waals surface area contributed by atoms with Crippen molar-refractivity contribution < 1.29 is 4.79 Å². The molecule has 4 heteroatoms. The van der Waals surface area contributed by atoms with Crippen molar-refractivity contribution in [3.05, 3.63) is 60.0 Å². The fraction of sp³-hybridized carbons (Fsp3) is 0. The van der Waals surface area contributed by atoms with E-state index in [1.54, 1.807) is 6.20 Å². The van der Waals surface area contributed by atoms with Crippen LogP contribution in [0.25, 0.3) is 22.6 Å². The second-order valence-electron chi connectivity index (χ2n) is 4.70. The third kappa shape index (κ3) is 1.55. The van der Waals surface area contributed by atoms with Gasteiger partial charge >= 0.3 is 0 Å². The van der Waals surface area contributed by atoms with Crippen LogP contribution in [0.4, 0.5) is 5.69 Å². The molecule has 0 saturated heterocycles. The van der Waals surface area contributed by atoms with Gasteiger partial charge in [-0.05, 0) is 24.3 Å². The molecule has 4 rings (SSSR count). The van der Waals surface area contributed by atoms with Crippen LogP contribution >= 0.6 is 0 Å². The first-order chi connectivity index (χ1) is 9.83. The molecule has 1 amide bonds. The van der Waals surface area contributed by atoms with Crippen molar-refractivity contribution in [3.63, 3.8) is 0 Å². The summed E-state index contributed by atoms with van der Waals surface area (Å²) in [5.74, 6) is -0.107. The van der Waals surface area contributed by atoms with Gasteiger partial charge in [-0.15, -0.1) is 0 Å². The van der Waals surface area contributed by atoms with Gasteiger partial charge in [0.15, 0.2) is 0 Å². The van der Waals surface area contributed by atoms with Crippen molar-refractivity contribution in [2.75, 3.05) is 5.32 Å². The van der Waals surface area contributed by atoms with Gasteiger partial charge in [0.25, 0.3) is 5.91 Å². The van der Waals surface area contributed by atoms with Crippen molar-refractivity contribution in [1.82, 2.24) is 9.97 Å². The quantitative estimate of drug-likeness (QED) is 0.661. The van der Waals surface area contributed by atoms with Gasteiger partial charge in [-0.25, -0.2) is 0 Å². The Morgan fingerprint density at radius 3 is 2.95 bits per heavy atom. The third-order valence-corrected chi connectivity index (χ3v) is 3.48. The SMILES string of the molecule is O=C1Nc2cccnc2C1=Cc1c[nH]c2ccccc12. The van der Waals surface area contributed by atoms with Gasteiger partial charge in [-0.1, -0.05) is 18.2 Å². The van der Waals surface area contributed by atoms with Crippen LogP contribution in [0.5, 0.6) is 0 Å². The molecule has 3 aromatic rings. The number of anilines is 1. The lowest BCUT2D eigenvalue weighted by atomic mass is 10.1. The number of hydrogen-bond donors (Lipinski definition) is 2. The maximum absolute atomic E-state index is 12.1. The Balaban J connectivity index is 1.90. The van der Waals surface area contributed by atoms with Crippen LogP contribution in [0, 0.1) is 0 Å². The molecule has 1 aliphatic heterocycles. The van der Waals surface area contributed by atoms with Gasteiger partial charge in [0, 0.05) is 28.9 Å². The second-order valence-corrected chi connectivity index (χ2v) is 4.70. The number of fused-ring (bicyclic) bond motifs is 2. The standard InChI is InChI=1S/C16H11N3O/c20-16-12(15-14(19-16)6-3-7-17-15)8-10-9-18-13-5-2-1-4-11(10)13/h1-9,18H,(H,19,20). The Bertz CT molecular complexity index is 861. The van der Waals surface area contributed by atoms with E-state index in [2.05, 4.69) is 15.3 Å². The number of nitrogens with zero attached hydrogens (tertiary/aromatic N) is 1. The van der Waals surface area contributed by atoms with Crippen LogP contribution in [0.15, 0.2) is 48.8 Å². The monoisotopic (exact) mass is 261 g/mol. The Morgan fingerprint density at radius 1 is 1.10 bits per heavy atom. The lowest BCUT2D eigenvalue weighted by Gasteiger charge is -1.96. The number of nitrogens with one attached hydrogen (secondary N) is 2. The first-order valence-corrected chi connectivity index (χ1v) is 6.37. The predicted molar refractivity (Wildman–Crippen MR) is 79.0 cm³/mol. The van der Waals surface area contributed by atoms with Gasteiger partial charge in [-0.2, -0.15) is 0 Å². The minimum atomic E-state index is -0.107. The number of pyridine rings is 1. The van der Waals surface area contributed by atoms with E-state index in [1.807, 2.05) is 48.7 Å². The number of para-hydroxylation sites is 1. The highest BCUT2D eigenvalue weighted by atomic mass is 16.2. The van der Waals surface area contributed by atoms with Crippen molar-refractivity contribution in [2.45, 2.75) is 0 Å². The number of carbonyl (C=O) groups excluding carboxylic acids is 1. The van der Waals surface area contributed by atoms with Crippen molar-refractivity contribution in [1.29, 1.82) is 0 Å². The van der Waals surface area contributed by atoms with Crippen LogP contribution in [0.2, 0.25) is 0 Å². The second kappa shape index (κ2) is 4.06. The summed E-state index contributed by atoms with van der Waals surface area (Å²) in [5.41, 5.74) is 4.12. The Labute approximate surface area is 115 Å². The van der Waals surface area contributed by atoms with Gasteiger partial charge in [0.2, 0.25) is 0 Å². The smallest absolute Gasteiger partial charge is 0.258 e. The zero-order valence-corrected chi connectivity index (χ0v) is 10.6. The first kappa shape index (κ1) is 11.0. The lowest BCUT2D eigenvalue weighted by Crippen LogP contribution is -2.03. The molecular formula is C16H11N3O. The van der Waals surface area contributed by atoms with E-state index in [-0.39, 0.29) is 5.91 Å². The van der Waals surface area contributed by atoms with Gasteiger partial charge in [0.1, 0.15) is 0 Å². The largest absolute Gasteiger partial charge is 0.361 e. The number of benzene rings is 1. The molecule has 0 saturated carbocycles. The van der Waals surface area contributed by atoms with Crippen molar-refractivity contribution >= 4 is 34.1 Å². The Hall–Kier alpha value is -2.88. The minimum Gasteiger partial charge on any atom is -0.361 e. The Kier molecular flexibility index (Phi) is 2.23. The Morgan fingerprint density at radius 2 is 2.00 bits per heavy atom. The van der Waals surface area contributed by atoms with E-state index in [4.69, 9.17) is 0 Å². The fourth-order valence-electron chi connectivity index (χ4n) is 2.52. The van der Waals surface area contributed by atoms with Crippen LogP contribution in [-0.2, 0) is 4.79 Å². The molecule has 3 heterocycles. The molecule has 0 aliphatic carbocycles. The van der Waals surface area contributed by atoms with Crippen LogP contribution in [0.3, 0.4) is 0 Å². The van der Waals surface area contributed by atoms with E-state index in [1.165, 1.54) is 0 Å². The summed E-state index contributed by atoms with van der Waals surface area (Å²) in [6, 6.07) is 11.7. The zero-order chi connectivity index (χ0) is 13.5. The number of carbonyl (C=O) groups is 1. The predicted octanol–water partition coefficient (Wildman–Crippen LogP) is 3.06. The van der Waals surface area contributed by atoms with Crippen LogP contribution < -0.4 is 5.32 Å². The molecule has 2 aromatic heterocycles. The number of aromatic amines is 1. The molecule has 1 aliphatic rings. The first-order valence-electron chi connectivity index (χ1n) is 6.37. The lowest BCUT2D eigenvalue weighted by molar-refractivity contribution is -0.110. The summed E-state index contributed by atoms with van der Waals surface area (Å²) in [4.78, 5) is 19.6. The maximum atomic E-state index is 12.1. The summed E-state index contributed by atoms with van der Waals surface area (Å²) in [6.07, 6.45) is 5.49. The zero-order valence-electron chi connectivity index (χ0n) is 10.6. The van der Waals surface area contributed by atoms with E-state index < -0.39 is 0 Å². The summed E-state index contributed by atoms with van der Waals surface area (Å²) >= 11 is 0. The summed E-state index contributed by atoms with van der Waals surface area (Å²) in [5, 5.41) is 3.92. The van der Waals surface area contributed by atoms with Gasteiger partial charge < -0.3 is 10.3 Å². The van der Waals surface area contributed by atoms with Crippen molar-refractivity contribution in [2.24, 2.45) is 0 Å².